The van der Waals surface area contributed by atoms with Crippen LogP contribution in [-0.2, 0) is 4.79 Å². The van der Waals surface area contributed by atoms with E-state index in [1.54, 1.807) is 18.2 Å². The van der Waals surface area contributed by atoms with E-state index in [-0.39, 0.29) is 12.6 Å². The van der Waals surface area contributed by atoms with Gasteiger partial charge in [-0.1, -0.05) is 19.8 Å². The molecule has 0 aliphatic heterocycles. The predicted octanol–water partition coefficient (Wildman–Crippen LogP) is 2.88. The van der Waals surface area contributed by atoms with Gasteiger partial charge < -0.3 is 14.5 Å². The van der Waals surface area contributed by atoms with Crippen molar-refractivity contribution in [3.63, 3.8) is 0 Å². The maximum atomic E-state index is 12.0. The molecule has 1 aromatic heterocycles. The standard InChI is InChI=1S/C20H24N2O5/c1-12-5-3-4-6-16(12)21-20(25)22-18(23)11-26-14-7-8-15-13(2)9-19(24)27-17(15)10-14/h7-10,12,16H,3-6,11H2,1-2H3,(H2,21,22,23,25)/t12-,16-/m0/s1. The van der Waals surface area contributed by atoms with Gasteiger partial charge in [-0.25, -0.2) is 9.59 Å². The molecule has 2 aromatic rings. The minimum atomic E-state index is -0.540. The van der Waals surface area contributed by atoms with Crippen molar-refractivity contribution in [3.8, 4) is 5.75 Å². The number of amides is 3. The minimum absolute atomic E-state index is 0.0964. The van der Waals surface area contributed by atoms with Gasteiger partial charge in [0, 0.05) is 23.6 Å². The van der Waals surface area contributed by atoms with Crippen molar-refractivity contribution in [2.75, 3.05) is 6.61 Å². The van der Waals surface area contributed by atoms with Crippen LogP contribution in [0.25, 0.3) is 11.0 Å². The van der Waals surface area contributed by atoms with E-state index >= 15 is 0 Å². The molecule has 7 heteroatoms. The Morgan fingerprint density at radius 2 is 2.00 bits per heavy atom. The van der Waals surface area contributed by atoms with E-state index in [2.05, 4.69) is 17.6 Å². The topological polar surface area (TPSA) is 97.6 Å². The van der Waals surface area contributed by atoms with Gasteiger partial charge in [-0.2, -0.15) is 0 Å². The summed E-state index contributed by atoms with van der Waals surface area (Å²) in [7, 11) is 0. The van der Waals surface area contributed by atoms with Crippen molar-refractivity contribution in [1.29, 1.82) is 0 Å². The molecular weight excluding hydrogens is 348 g/mol. The van der Waals surface area contributed by atoms with Gasteiger partial charge in [-0.15, -0.1) is 0 Å². The average molecular weight is 372 g/mol. The van der Waals surface area contributed by atoms with E-state index in [9.17, 15) is 14.4 Å². The Bertz CT molecular complexity index is 905. The molecule has 1 saturated carbocycles. The van der Waals surface area contributed by atoms with Crippen molar-refractivity contribution in [3.05, 3.63) is 40.2 Å². The Labute approximate surface area is 157 Å². The van der Waals surface area contributed by atoms with E-state index < -0.39 is 17.6 Å². The number of fused-ring (bicyclic) bond motifs is 1. The lowest BCUT2D eigenvalue weighted by molar-refractivity contribution is -0.122. The highest BCUT2D eigenvalue weighted by Gasteiger charge is 2.23. The molecule has 1 aromatic carbocycles. The molecule has 144 valence electrons. The molecule has 0 spiro atoms. The lowest BCUT2D eigenvalue weighted by Crippen LogP contribution is -2.48. The Balaban J connectivity index is 1.53. The molecule has 1 aliphatic carbocycles. The van der Waals surface area contributed by atoms with E-state index in [4.69, 9.17) is 9.15 Å². The Morgan fingerprint density at radius 1 is 1.22 bits per heavy atom. The lowest BCUT2D eigenvalue weighted by atomic mass is 9.86. The molecule has 0 radical (unpaired) electrons. The number of benzene rings is 1. The van der Waals surface area contributed by atoms with Crippen LogP contribution < -0.4 is 21.0 Å². The number of carbonyl (C=O) groups excluding carboxylic acids is 2. The first-order valence-electron chi connectivity index (χ1n) is 9.20. The smallest absolute Gasteiger partial charge is 0.336 e. The highest BCUT2D eigenvalue weighted by Crippen LogP contribution is 2.24. The highest BCUT2D eigenvalue weighted by molar-refractivity contribution is 5.95. The molecule has 7 nitrogen and oxygen atoms in total. The number of carbonyl (C=O) groups is 2. The molecule has 1 fully saturated rings. The summed E-state index contributed by atoms with van der Waals surface area (Å²) in [6.45, 7) is 3.61. The second-order valence-corrected chi connectivity index (χ2v) is 7.08. The highest BCUT2D eigenvalue weighted by atomic mass is 16.5. The Morgan fingerprint density at radius 3 is 2.78 bits per heavy atom. The lowest BCUT2D eigenvalue weighted by Gasteiger charge is -2.29. The summed E-state index contributed by atoms with van der Waals surface area (Å²) >= 11 is 0. The molecule has 2 atom stereocenters. The summed E-state index contributed by atoms with van der Waals surface area (Å²) in [5.41, 5.74) is 0.754. The third-order valence-electron chi connectivity index (χ3n) is 4.97. The van der Waals surface area contributed by atoms with E-state index in [1.165, 1.54) is 12.5 Å². The van der Waals surface area contributed by atoms with Crippen LogP contribution in [0.3, 0.4) is 0 Å². The molecule has 0 saturated heterocycles. The number of rotatable bonds is 4. The van der Waals surface area contributed by atoms with Crippen LogP contribution in [0.1, 0.15) is 38.2 Å². The van der Waals surface area contributed by atoms with Gasteiger partial charge >= 0.3 is 11.7 Å². The van der Waals surface area contributed by atoms with Crippen LogP contribution in [-0.4, -0.2) is 24.6 Å². The summed E-state index contributed by atoms with van der Waals surface area (Å²) in [6, 6.07) is 6.02. The Hall–Kier alpha value is -2.83. The SMILES string of the molecule is Cc1cc(=O)oc2cc(OCC(=O)NC(=O)N[C@H]3CCCC[C@@H]3C)ccc12. The third-order valence-corrected chi connectivity index (χ3v) is 4.97. The number of imide groups is 1. The van der Waals surface area contributed by atoms with Crippen molar-refractivity contribution in [2.45, 2.75) is 45.6 Å². The van der Waals surface area contributed by atoms with Gasteiger partial charge in [0.05, 0.1) is 0 Å². The summed E-state index contributed by atoms with van der Waals surface area (Å²) in [4.78, 5) is 35.4. The number of ether oxygens (including phenoxy) is 1. The molecule has 1 aliphatic rings. The number of hydrogen-bond acceptors (Lipinski definition) is 5. The molecule has 3 amide bonds. The zero-order valence-electron chi connectivity index (χ0n) is 15.5. The second kappa shape index (κ2) is 8.24. The average Bonchev–Trinajstić information content (AvgIpc) is 2.61. The fraction of sp³-hybridized carbons (Fsp3) is 0.450. The van der Waals surface area contributed by atoms with Crippen LogP contribution in [0.15, 0.2) is 33.5 Å². The normalized spacial score (nSPS) is 19.5. The van der Waals surface area contributed by atoms with Crippen molar-refractivity contribution in [2.24, 2.45) is 5.92 Å². The molecule has 27 heavy (non-hydrogen) atoms. The van der Waals surface area contributed by atoms with Gasteiger partial charge in [0.2, 0.25) is 0 Å². The van der Waals surface area contributed by atoms with Gasteiger partial charge in [-0.05, 0) is 43.4 Å². The number of urea groups is 1. The van der Waals surface area contributed by atoms with Crippen molar-refractivity contribution >= 4 is 22.9 Å². The zero-order chi connectivity index (χ0) is 19.4. The summed E-state index contributed by atoms with van der Waals surface area (Å²) in [6.07, 6.45) is 4.28. The first-order chi connectivity index (χ1) is 12.9. The third kappa shape index (κ3) is 4.87. The quantitative estimate of drug-likeness (QED) is 0.804. The largest absolute Gasteiger partial charge is 0.484 e. The first kappa shape index (κ1) is 18.9. The Kier molecular flexibility index (Phi) is 5.78. The minimum Gasteiger partial charge on any atom is -0.484 e. The molecule has 0 unspecified atom stereocenters. The fourth-order valence-corrected chi connectivity index (χ4v) is 3.44. The van der Waals surface area contributed by atoms with E-state index in [1.807, 2.05) is 6.92 Å². The summed E-state index contributed by atoms with van der Waals surface area (Å²) < 4.78 is 10.6. The fourth-order valence-electron chi connectivity index (χ4n) is 3.44. The van der Waals surface area contributed by atoms with E-state index in [0.29, 0.717) is 17.3 Å². The van der Waals surface area contributed by atoms with Crippen LogP contribution in [0.5, 0.6) is 5.75 Å². The van der Waals surface area contributed by atoms with Crippen LogP contribution in [0, 0.1) is 12.8 Å². The maximum absolute atomic E-state index is 12.0. The number of aryl methyl sites for hydroxylation is 1. The van der Waals surface area contributed by atoms with Gasteiger partial charge in [0.25, 0.3) is 5.91 Å². The molecule has 1 heterocycles. The molecule has 2 N–H and O–H groups in total. The first-order valence-corrected chi connectivity index (χ1v) is 9.20. The van der Waals surface area contributed by atoms with Gasteiger partial charge in [0.1, 0.15) is 11.3 Å². The van der Waals surface area contributed by atoms with Gasteiger partial charge in [-0.3, -0.25) is 10.1 Å². The number of nitrogens with one attached hydrogen (secondary N) is 2. The van der Waals surface area contributed by atoms with Crippen LogP contribution in [0.4, 0.5) is 4.79 Å². The monoisotopic (exact) mass is 372 g/mol. The summed E-state index contributed by atoms with van der Waals surface area (Å²) in [5.74, 6) is 0.251. The zero-order valence-corrected chi connectivity index (χ0v) is 15.5. The predicted molar refractivity (Wildman–Crippen MR) is 101 cm³/mol. The van der Waals surface area contributed by atoms with Crippen LogP contribution in [0.2, 0.25) is 0 Å². The van der Waals surface area contributed by atoms with Crippen LogP contribution >= 0.6 is 0 Å². The summed E-state index contributed by atoms with van der Waals surface area (Å²) in [5, 5.41) is 5.94. The molecular formula is C20H24N2O5. The van der Waals surface area contributed by atoms with E-state index in [0.717, 1.165) is 30.2 Å². The maximum Gasteiger partial charge on any atom is 0.336 e. The molecule has 3 rings (SSSR count). The molecule has 0 bridgehead atoms. The van der Waals surface area contributed by atoms with Crippen molar-refractivity contribution in [1.82, 2.24) is 10.6 Å². The van der Waals surface area contributed by atoms with Crippen molar-refractivity contribution < 1.29 is 18.7 Å². The second-order valence-electron chi connectivity index (χ2n) is 7.08. The number of hydrogen-bond donors (Lipinski definition) is 2. The van der Waals surface area contributed by atoms with Gasteiger partial charge in [0.15, 0.2) is 6.61 Å².